The minimum absolute atomic E-state index is 0.223. The monoisotopic (exact) mass is 185 g/mol. The van der Waals surface area contributed by atoms with Crippen molar-refractivity contribution < 1.29 is 4.79 Å². The van der Waals surface area contributed by atoms with E-state index >= 15 is 0 Å². The first-order valence-corrected chi connectivity index (χ1v) is 4.56. The van der Waals surface area contributed by atoms with E-state index in [2.05, 4.69) is 18.9 Å². The van der Waals surface area contributed by atoms with E-state index in [0.717, 1.165) is 19.3 Å². The number of hydrogen-bond donors (Lipinski definition) is 2. The molecule has 4 nitrogen and oxygen atoms in total. The van der Waals surface area contributed by atoms with E-state index in [4.69, 9.17) is 5.84 Å². The van der Waals surface area contributed by atoms with Gasteiger partial charge in [0.1, 0.15) is 0 Å². The van der Waals surface area contributed by atoms with Gasteiger partial charge in [-0.2, -0.15) is 5.12 Å². The van der Waals surface area contributed by atoms with Crippen LogP contribution in [0.5, 0.6) is 0 Å². The lowest BCUT2D eigenvalue weighted by atomic mass is 10.2. The largest absolute Gasteiger partial charge is 0.272 e. The van der Waals surface area contributed by atoms with Crippen LogP contribution in [0.2, 0.25) is 0 Å². The molecule has 4 heteroatoms. The van der Waals surface area contributed by atoms with Gasteiger partial charge < -0.3 is 0 Å². The Morgan fingerprint density at radius 2 is 2.15 bits per heavy atom. The summed E-state index contributed by atoms with van der Waals surface area (Å²) in [6.07, 6.45) is 3.25. The van der Waals surface area contributed by atoms with E-state index in [0.29, 0.717) is 12.1 Å². The summed E-state index contributed by atoms with van der Waals surface area (Å²) in [6.45, 7) is 7.95. The van der Waals surface area contributed by atoms with Crippen molar-refractivity contribution in [1.29, 1.82) is 0 Å². The highest BCUT2D eigenvalue weighted by atomic mass is 16.2. The summed E-state index contributed by atoms with van der Waals surface area (Å²) in [6, 6.07) is 0. The Balaban J connectivity index is 3.55. The summed E-state index contributed by atoms with van der Waals surface area (Å²) in [7, 11) is 0. The molecule has 0 spiro atoms. The van der Waals surface area contributed by atoms with E-state index in [1.807, 2.05) is 0 Å². The number of nitrogens with zero attached hydrogens (tertiary/aromatic N) is 1. The first-order valence-electron chi connectivity index (χ1n) is 4.56. The van der Waals surface area contributed by atoms with Crippen molar-refractivity contribution in [3.63, 3.8) is 0 Å². The van der Waals surface area contributed by atoms with E-state index in [1.54, 1.807) is 6.92 Å². The molecule has 0 bridgehead atoms. The van der Waals surface area contributed by atoms with Crippen molar-refractivity contribution >= 4 is 5.91 Å². The van der Waals surface area contributed by atoms with Crippen LogP contribution in [0.15, 0.2) is 12.2 Å². The van der Waals surface area contributed by atoms with Crippen LogP contribution in [-0.2, 0) is 4.79 Å². The molecule has 0 aromatic carbocycles. The first-order chi connectivity index (χ1) is 6.07. The number of nitrogens with one attached hydrogen (secondary N) is 1. The number of carbonyl (C=O) groups is 1. The number of nitrogens with two attached hydrogens (primary N) is 1. The Morgan fingerprint density at radius 3 is 2.62 bits per heavy atom. The lowest BCUT2D eigenvalue weighted by molar-refractivity contribution is -0.122. The second kappa shape index (κ2) is 6.62. The minimum atomic E-state index is -0.223. The number of hydrazine groups is 2. The van der Waals surface area contributed by atoms with Gasteiger partial charge in [0.25, 0.3) is 5.91 Å². The zero-order valence-electron chi connectivity index (χ0n) is 8.47. The van der Waals surface area contributed by atoms with E-state index in [-0.39, 0.29) is 5.91 Å². The summed E-state index contributed by atoms with van der Waals surface area (Å²) in [5, 5.41) is 1.31. The predicted octanol–water partition coefficient (Wildman–Crippen LogP) is 0.960. The number of carbonyl (C=O) groups excluding carboxylic acids is 1. The van der Waals surface area contributed by atoms with Crippen molar-refractivity contribution in [3.05, 3.63) is 12.2 Å². The van der Waals surface area contributed by atoms with Crippen molar-refractivity contribution in [1.82, 2.24) is 10.5 Å². The molecule has 0 radical (unpaired) electrons. The number of unbranched alkanes of at least 4 members (excludes halogenated alkanes) is 2. The summed E-state index contributed by atoms with van der Waals surface area (Å²) >= 11 is 0. The molecule has 0 heterocycles. The van der Waals surface area contributed by atoms with Gasteiger partial charge >= 0.3 is 0 Å². The Hall–Kier alpha value is -0.870. The summed E-state index contributed by atoms with van der Waals surface area (Å²) in [4.78, 5) is 11.1. The second-order valence-corrected chi connectivity index (χ2v) is 3.12. The summed E-state index contributed by atoms with van der Waals surface area (Å²) in [5.41, 5.74) is 2.97. The zero-order valence-corrected chi connectivity index (χ0v) is 8.47. The van der Waals surface area contributed by atoms with Crippen molar-refractivity contribution in [2.75, 3.05) is 6.54 Å². The first kappa shape index (κ1) is 12.1. The standard InChI is InChI=1S/C9H19N3O/c1-4-5-6-7-12(10)11-9(13)8(2)3/h2,4-7,10H2,1,3H3,(H,11,13). The lowest BCUT2D eigenvalue weighted by Crippen LogP contribution is -2.47. The highest BCUT2D eigenvalue weighted by Crippen LogP contribution is 1.94. The quantitative estimate of drug-likeness (QED) is 0.280. The molecule has 13 heavy (non-hydrogen) atoms. The smallest absolute Gasteiger partial charge is 0.261 e. The molecule has 0 aliphatic heterocycles. The Morgan fingerprint density at radius 1 is 1.54 bits per heavy atom. The van der Waals surface area contributed by atoms with Gasteiger partial charge in [-0.25, -0.2) is 0 Å². The molecule has 1 amide bonds. The molecule has 0 atom stereocenters. The molecule has 0 aromatic heterocycles. The van der Waals surface area contributed by atoms with Crippen molar-refractivity contribution in [2.24, 2.45) is 5.84 Å². The molecular weight excluding hydrogens is 166 g/mol. The van der Waals surface area contributed by atoms with Crippen LogP contribution in [0.25, 0.3) is 0 Å². The third kappa shape index (κ3) is 6.31. The topological polar surface area (TPSA) is 58.4 Å². The Kier molecular flexibility index (Phi) is 6.18. The van der Waals surface area contributed by atoms with E-state index < -0.39 is 0 Å². The SMILES string of the molecule is C=C(C)C(=O)NN(N)CCCCC. The Bertz CT molecular complexity index is 180. The van der Waals surface area contributed by atoms with Gasteiger partial charge in [-0.15, -0.1) is 0 Å². The van der Waals surface area contributed by atoms with Crippen molar-refractivity contribution in [2.45, 2.75) is 33.1 Å². The molecule has 3 N–H and O–H groups in total. The average Bonchev–Trinajstić information content (AvgIpc) is 2.04. The molecule has 0 aliphatic carbocycles. The van der Waals surface area contributed by atoms with Crippen LogP contribution >= 0.6 is 0 Å². The summed E-state index contributed by atoms with van der Waals surface area (Å²) in [5.74, 6) is 5.29. The maximum Gasteiger partial charge on any atom is 0.261 e. The number of hydrogen-bond acceptors (Lipinski definition) is 3. The molecular formula is C9H19N3O. The molecule has 0 rings (SSSR count). The van der Waals surface area contributed by atoms with Crippen LogP contribution in [0.4, 0.5) is 0 Å². The second-order valence-electron chi connectivity index (χ2n) is 3.12. The maximum absolute atomic E-state index is 11.1. The molecule has 76 valence electrons. The van der Waals surface area contributed by atoms with Crippen LogP contribution in [0.1, 0.15) is 33.1 Å². The minimum Gasteiger partial charge on any atom is -0.272 e. The third-order valence-electron chi connectivity index (χ3n) is 1.64. The van der Waals surface area contributed by atoms with Crippen molar-refractivity contribution in [3.8, 4) is 0 Å². The number of rotatable bonds is 6. The van der Waals surface area contributed by atoms with Crippen LogP contribution in [0.3, 0.4) is 0 Å². The van der Waals surface area contributed by atoms with Gasteiger partial charge in [-0.05, 0) is 13.3 Å². The number of amides is 1. The Labute approximate surface area is 79.7 Å². The average molecular weight is 185 g/mol. The van der Waals surface area contributed by atoms with Gasteiger partial charge in [-0.3, -0.25) is 16.1 Å². The van der Waals surface area contributed by atoms with Crippen LogP contribution in [-0.4, -0.2) is 17.6 Å². The molecule has 0 fully saturated rings. The predicted molar refractivity (Wildman–Crippen MR) is 53.4 cm³/mol. The highest BCUT2D eigenvalue weighted by molar-refractivity contribution is 5.91. The van der Waals surface area contributed by atoms with Gasteiger partial charge in [0.15, 0.2) is 0 Å². The lowest BCUT2D eigenvalue weighted by Gasteiger charge is -2.16. The van der Waals surface area contributed by atoms with Gasteiger partial charge in [0.2, 0.25) is 0 Å². The zero-order chi connectivity index (χ0) is 10.3. The normalized spacial score (nSPS) is 10.2. The van der Waals surface area contributed by atoms with Crippen LogP contribution in [0, 0.1) is 0 Å². The van der Waals surface area contributed by atoms with Crippen LogP contribution < -0.4 is 11.3 Å². The van der Waals surface area contributed by atoms with Gasteiger partial charge in [0, 0.05) is 12.1 Å². The van der Waals surface area contributed by atoms with E-state index in [9.17, 15) is 4.79 Å². The highest BCUT2D eigenvalue weighted by Gasteiger charge is 2.04. The fourth-order valence-electron chi connectivity index (χ4n) is 0.814. The molecule has 0 unspecified atom stereocenters. The van der Waals surface area contributed by atoms with Gasteiger partial charge in [-0.1, -0.05) is 26.3 Å². The molecule has 0 saturated heterocycles. The molecule has 0 aliphatic rings. The van der Waals surface area contributed by atoms with E-state index in [1.165, 1.54) is 5.12 Å². The fourth-order valence-corrected chi connectivity index (χ4v) is 0.814. The summed E-state index contributed by atoms with van der Waals surface area (Å²) < 4.78 is 0. The third-order valence-corrected chi connectivity index (χ3v) is 1.64. The maximum atomic E-state index is 11.1. The fraction of sp³-hybridized carbons (Fsp3) is 0.667. The molecule has 0 aromatic rings. The van der Waals surface area contributed by atoms with Gasteiger partial charge in [0.05, 0.1) is 0 Å². The molecule has 0 saturated carbocycles.